The molecule has 3 fully saturated rings. The van der Waals surface area contributed by atoms with Crippen LogP contribution in [0.4, 0.5) is 0 Å². The van der Waals surface area contributed by atoms with E-state index in [0.717, 1.165) is 18.4 Å². The zero-order valence-electron chi connectivity index (χ0n) is 16.1. The van der Waals surface area contributed by atoms with Gasteiger partial charge in [-0.25, -0.2) is 0 Å². The van der Waals surface area contributed by atoms with Crippen LogP contribution in [-0.2, 0) is 4.74 Å². The van der Waals surface area contributed by atoms with Crippen molar-refractivity contribution < 1.29 is 4.74 Å². The van der Waals surface area contributed by atoms with Gasteiger partial charge in [0.05, 0.1) is 6.61 Å². The zero-order valence-corrected chi connectivity index (χ0v) is 16.1. The van der Waals surface area contributed by atoms with Crippen LogP contribution in [0.2, 0.25) is 0 Å². The monoisotopic (exact) mass is 324 g/mol. The summed E-state index contributed by atoms with van der Waals surface area (Å²) in [6.45, 7) is 11.6. The minimum absolute atomic E-state index is 0.537. The number of likely N-dealkylation sites (tertiary alicyclic amines) is 2. The maximum Gasteiger partial charge on any atom is 0.0530 e. The van der Waals surface area contributed by atoms with Crippen LogP contribution in [0.15, 0.2) is 0 Å². The predicted molar refractivity (Wildman–Crippen MR) is 98.9 cm³/mol. The maximum absolute atomic E-state index is 5.41. The molecule has 0 unspecified atom stereocenters. The molecular formula is C20H40N2O. The number of rotatable bonds is 6. The Morgan fingerprint density at radius 3 is 1.91 bits per heavy atom. The van der Waals surface area contributed by atoms with E-state index in [1.54, 1.807) is 0 Å². The molecule has 0 bridgehead atoms. The van der Waals surface area contributed by atoms with Gasteiger partial charge in [-0.1, -0.05) is 13.8 Å². The highest BCUT2D eigenvalue weighted by Gasteiger charge is 2.44. The molecular weight excluding hydrogens is 284 g/mol. The van der Waals surface area contributed by atoms with Crippen molar-refractivity contribution in [3.63, 3.8) is 0 Å². The Kier molecular flexibility index (Phi) is 7.84. The minimum Gasteiger partial charge on any atom is -0.384 e. The van der Waals surface area contributed by atoms with Gasteiger partial charge < -0.3 is 14.5 Å². The van der Waals surface area contributed by atoms with Crippen LogP contribution in [0.1, 0.15) is 58.8 Å². The highest BCUT2D eigenvalue weighted by Crippen LogP contribution is 2.46. The Morgan fingerprint density at radius 1 is 0.913 bits per heavy atom. The van der Waals surface area contributed by atoms with Gasteiger partial charge in [0.15, 0.2) is 0 Å². The predicted octanol–water partition coefficient (Wildman–Crippen LogP) is 3.88. The lowest BCUT2D eigenvalue weighted by Crippen LogP contribution is -2.39. The van der Waals surface area contributed by atoms with Crippen LogP contribution in [0.3, 0.4) is 0 Å². The van der Waals surface area contributed by atoms with Gasteiger partial charge in [0, 0.05) is 19.1 Å². The van der Waals surface area contributed by atoms with E-state index in [4.69, 9.17) is 4.74 Å². The van der Waals surface area contributed by atoms with Gasteiger partial charge in [0.25, 0.3) is 0 Å². The molecule has 2 aliphatic heterocycles. The van der Waals surface area contributed by atoms with Crippen molar-refractivity contribution in [2.45, 2.75) is 58.8 Å². The maximum atomic E-state index is 5.41. The Hall–Kier alpha value is -0.120. The van der Waals surface area contributed by atoms with E-state index in [1.807, 2.05) is 21.0 Å². The number of piperidine rings is 2. The molecule has 0 atom stereocenters. The molecule has 0 aromatic carbocycles. The number of hydrogen-bond acceptors (Lipinski definition) is 3. The molecule has 23 heavy (non-hydrogen) atoms. The summed E-state index contributed by atoms with van der Waals surface area (Å²) >= 11 is 0. The summed E-state index contributed by atoms with van der Waals surface area (Å²) in [6, 6.07) is 0. The van der Waals surface area contributed by atoms with E-state index in [1.165, 1.54) is 77.7 Å². The van der Waals surface area contributed by atoms with Crippen LogP contribution >= 0.6 is 0 Å². The molecule has 2 heterocycles. The van der Waals surface area contributed by atoms with Crippen LogP contribution in [0.5, 0.6) is 0 Å². The second-order valence-electron chi connectivity index (χ2n) is 8.13. The summed E-state index contributed by atoms with van der Waals surface area (Å²) in [5.74, 6) is 2.02. The normalized spacial score (nSPS) is 26.6. The molecule has 0 aromatic heterocycles. The molecule has 1 saturated carbocycles. The second kappa shape index (κ2) is 9.39. The van der Waals surface area contributed by atoms with E-state index in [9.17, 15) is 0 Å². The summed E-state index contributed by atoms with van der Waals surface area (Å²) in [5.41, 5.74) is 0.537. The fourth-order valence-corrected chi connectivity index (χ4v) is 4.45. The molecule has 2 saturated heterocycles. The Balaban J connectivity index is 0.000000924. The highest BCUT2D eigenvalue weighted by molar-refractivity contribution is 4.96. The van der Waals surface area contributed by atoms with Gasteiger partial charge in [-0.15, -0.1) is 0 Å². The number of hydrogen-bond donors (Lipinski definition) is 0. The zero-order chi connectivity index (χ0) is 16.7. The molecule has 0 amide bonds. The fourth-order valence-electron chi connectivity index (χ4n) is 4.45. The minimum atomic E-state index is 0.537. The molecule has 3 aliphatic rings. The van der Waals surface area contributed by atoms with Crippen molar-refractivity contribution in [3.05, 3.63) is 0 Å². The third kappa shape index (κ3) is 6.03. The number of methoxy groups -OCH3 is 1. The van der Waals surface area contributed by atoms with E-state index in [2.05, 4.69) is 16.8 Å². The topological polar surface area (TPSA) is 15.7 Å². The molecule has 3 rings (SSSR count). The van der Waals surface area contributed by atoms with Gasteiger partial charge >= 0.3 is 0 Å². The largest absolute Gasteiger partial charge is 0.384 e. The first-order valence-electron chi connectivity index (χ1n) is 10.1. The fraction of sp³-hybridized carbons (Fsp3) is 1.00. The Bertz CT molecular complexity index is 314. The molecule has 0 aromatic rings. The first-order chi connectivity index (χ1) is 11.2. The SMILES string of the molecule is CC.COCC1(CN2CCC(CC3CCN(C)CC3)CC2)CC1. The van der Waals surface area contributed by atoms with Crippen LogP contribution in [0.25, 0.3) is 0 Å². The third-order valence-electron chi connectivity index (χ3n) is 6.18. The Morgan fingerprint density at radius 2 is 1.43 bits per heavy atom. The molecule has 3 heteroatoms. The summed E-state index contributed by atoms with van der Waals surface area (Å²) in [4.78, 5) is 5.21. The number of nitrogens with zero attached hydrogens (tertiary/aromatic N) is 2. The first-order valence-corrected chi connectivity index (χ1v) is 10.1. The van der Waals surface area contributed by atoms with Crippen molar-refractivity contribution in [3.8, 4) is 0 Å². The second-order valence-corrected chi connectivity index (χ2v) is 8.13. The van der Waals surface area contributed by atoms with E-state index in [0.29, 0.717) is 5.41 Å². The summed E-state index contributed by atoms with van der Waals surface area (Å²) in [7, 11) is 4.12. The molecule has 1 aliphatic carbocycles. The Labute approximate surface area is 144 Å². The van der Waals surface area contributed by atoms with Crippen LogP contribution in [0, 0.1) is 17.3 Å². The standard InChI is InChI=1S/C18H34N2O.C2H6/c1-19-9-3-16(4-10-19)13-17-5-11-20(12-6-17)14-18(7-8-18)15-21-2;1-2/h16-17H,3-15H2,1-2H3;1-2H3. The van der Waals surface area contributed by atoms with Crippen LogP contribution in [-0.4, -0.2) is 63.3 Å². The lowest BCUT2D eigenvalue weighted by molar-refractivity contribution is 0.0845. The van der Waals surface area contributed by atoms with Crippen molar-refractivity contribution >= 4 is 0 Å². The van der Waals surface area contributed by atoms with E-state index >= 15 is 0 Å². The molecule has 136 valence electrons. The number of ether oxygens (including phenoxy) is 1. The first kappa shape index (κ1) is 19.2. The third-order valence-corrected chi connectivity index (χ3v) is 6.18. The highest BCUT2D eigenvalue weighted by atomic mass is 16.5. The molecule has 0 radical (unpaired) electrons. The van der Waals surface area contributed by atoms with E-state index in [-0.39, 0.29) is 0 Å². The molecule has 0 spiro atoms. The average Bonchev–Trinajstić information content (AvgIpc) is 3.33. The van der Waals surface area contributed by atoms with Crippen molar-refractivity contribution in [1.29, 1.82) is 0 Å². The average molecular weight is 325 g/mol. The van der Waals surface area contributed by atoms with Crippen molar-refractivity contribution in [1.82, 2.24) is 9.80 Å². The van der Waals surface area contributed by atoms with Gasteiger partial charge in [-0.2, -0.15) is 0 Å². The molecule has 3 nitrogen and oxygen atoms in total. The van der Waals surface area contributed by atoms with Crippen LogP contribution < -0.4 is 0 Å². The quantitative estimate of drug-likeness (QED) is 0.737. The lowest BCUT2D eigenvalue weighted by Gasteiger charge is -2.37. The van der Waals surface area contributed by atoms with Gasteiger partial charge in [-0.05, 0) is 90.0 Å². The van der Waals surface area contributed by atoms with Crippen molar-refractivity contribution in [2.24, 2.45) is 17.3 Å². The van der Waals surface area contributed by atoms with Crippen molar-refractivity contribution in [2.75, 3.05) is 53.5 Å². The van der Waals surface area contributed by atoms with E-state index < -0.39 is 0 Å². The smallest absolute Gasteiger partial charge is 0.0530 e. The van der Waals surface area contributed by atoms with Gasteiger partial charge in [0.1, 0.15) is 0 Å². The molecule has 0 N–H and O–H groups in total. The summed E-state index contributed by atoms with van der Waals surface area (Å²) < 4.78 is 5.41. The van der Waals surface area contributed by atoms with Gasteiger partial charge in [0.2, 0.25) is 0 Å². The summed E-state index contributed by atoms with van der Waals surface area (Å²) in [5, 5.41) is 0. The lowest BCUT2D eigenvalue weighted by atomic mass is 9.82. The van der Waals surface area contributed by atoms with Gasteiger partial charge in [-0.3, -0.25) is 0 Å². The summed E-state index contributed by atoms with van der Waals surface area (Å²) in [6.07, 6.45) is 10.0.